The summed E-state index contributed by atoms with van der Waals surface area (Å²) in [7, 11) is 2.19. The van der Waals surface area contributed by atoms with Crippen LogP contribution in [-0.4, -0.2) is 67.6 Å². The highest BCUT2D eigenvalue weighted by Crippen LogP contribution is 2.32. The molecule has 0 aromatic heterocycles. The van der Waals surface area contributed by atoms with Gasteiger partial charge in [0.25, 0.3) is 0 Å². The first kappa shape index (κ1) is 17.8. The molecule has 1 aromatic carbocycles. The van der Waals surface area contributed by atoms with E-state index in [4.69, 9.17) is 0 Å². The Labute approximate surface area is 144 Å². The third-order valence-electron chi connectivity index (χ3n) is 5.65. The molecule has 2 saturated heterocycles. The fraction of sp³-hybridized carbons (Fsp3) is 0.684. The Kier molecular flexibility index (Phi) is 5.52. The predicted octanol–water partition coefficient (Wildman–Crippen LogP) is 2.81. The van der Waals surface area contributed by atoms with Crippen molar-refractivity contribution in [2.24, 2.45) is 5.41 Å². The van der Waals surface area contributed by atoms with Crippen molar-refractivity contribution in [3.63, 3.8) is 0 Å². The molecule has 0 atom stereocenters. The van der Waals surface area contributed by atoms with Gasteiger partial charge in [-0.25, -0.2) is 8.78 Å². The molecular weight excluding hydrogens is 308 g/mol. The van der Waals surface area contributed by atoms with Gasteiger partial charge in [-0.3, -0.25) is 4.90 Å². The lowest BCUT2D eigenvalue weighted by molar-refractivity contribution is 0.0518. The highest BCUT2D eigenvalue weighted by Gasteiger charge is 2.32. The average molecular weight is 337 g/mol. The SMILES string of the molecule is CN1CCN(CC2(C)CCN(Cc3ccc(F)c(F)c3)CC2)CC1. The van der Waals surface area contributed by atoms with Crippen LogP contribution in [0.5, 0.6) is 0 Å². The maximum atomic E-state index is 13.3. The molecule has 0 spiro atoms. The van der Waals surface area contributed by atoms with Crippen LogP contribution in [0.2, 0.25) is 0 Å². The number of nitrogens with zero attached hydrogens (tertiary/aromatic N) is 3. The van der Waals surface area contributed by atoms with Crippen molar-refractivity contribution in [3.05, 3.63) is 35.4 Å². The van der Waals surface area contributed by atoms with Crippen LogP contribution in [-0.2, 0) is 6.54 Å². The Hall–Kier alpha value is -1.04. The summed E-state index contributed by atoms with van der Waals surface area (Å²) in [6.07, 6.45) is 2.34. The van der Waals surface area contributed by atoms with E-state index in [1.54, 1.807) is 6.07 Å². The van der Waals surface area contributed by atoms with Crippen LogP contribution in [0.15, 0.2) is 18.2 Å². The van der Waals surface area contributed by atoms with Crippen molar-refractivity contribution in [2.45, 2.75) is 26.3 Å². The van der Waals surface area contributed by atoms with Crippen LogP contribution in [0.3, 0.4) is 0 Å². The van der Waals surface area contributed by atoms with Crippen molar-refractivity contribution in [3.8, 4) is 0 Å². The topological polar surface area (TPSA) is 9.72 Å². The first-order valence-electron chi connectivity index (χ1n) is 9.01. The number of likely N-dealkylation sites (tertiary alicyclic amines) is 1. The second-order valence-electron chi connectivity index (χ2n) is 7.91. The van der Waals surface area contributed by atoms with Gasteiger partial charge >= 0.3 is 0 Å². The van der Waals surface area contributed by atoms with E-state index in [0.717, 1.165) is 18.7 Å². The van der Waals surface area contributed by atoms with Gasteiger partial charge in [0, 0.05) is 39.3 Å². The van der Waals surface area contributed by atoms with Crippen molar-refractivity contribution >= 4 is 0 Å². The Morgan fingerprint density at radius 3 is 2.21 bits per heavy atom. The summed E-state index contributed by atoms with van der Waals surface area (Å²) in [6.45, 7) is 11.0. The smallest absolute Gasteiger partial charge is 0.159 e. The van der Waals surface area contributed by atoms with Gasteiger partial charge in [0.2, 0.25) is 0 Å². The third kappa shape index (κ3) is 4.52. The van der Waals surface area contributed by atoms with Crippen LogP contribution in [0.4, 0.5) is 8.78 Å². The Morgan fingerprint density at radius 1 is 0.917 bits per heavy atom. The molecule has 0 unspecified atom stereocenters. The van der Waals surface area contributed by atoms with Gasteiger partial charge < -0.3 is 9.80 Å². The lowest BCUT2D eigenvalue weighted by atomic mass is 9.79. The summed E-state index contributed by atoms with van der Waals surface area (Å²) in [5.74, 6) is -1.51. The van der Waals surface area contributed by atoms with Crippen molar-refractivity contribution in [1.82, 2.24) is 14.7 Å². The number of benzene rings is 1. The highest BCUT2D eigenvalue weighted by atomic mass is 19.2. The summed E-state index contributed by atoms with van der Waals surface area (Å²) in [5.41, 5.74) is 1.23. The van der Waals surface area contributed by atoms with E-state index < -0.39 is 11.6 Å². The number of likely N-dealkylation sites (N-methyl/N-ethyl adjacent to an activating group) is 1. The maximum Gasteiger partial charge on any atom is 0.159 e. The first-order chi connectivity index (χ1) is 11.4. The standard InChI is InChI=1S/C19H29F2N3/c1-19(15-24-11-9-22(2)10-12-24)5-7-23(8-6-19)14-16-3-4-17(20)18(21)13-16/h3-4,13H,5-12,14-15H2,1-2H3. The van der Waals surface area contributed by atoms with E-state index in [9.17, 15) is 8.78 Å². The lowest BCUT2D eigenvalue weighted by Crippen LogP contribution is -2.50. The van der Waals surface area contributed by atoms with Gasteiger partial charge in [-0.05, 0) is 56.1 Å². The molecule has 3 rings (SSSR count). The number of rotatable bonds is 4. The molecule has 24 heavy (non-hydrogen) atoms. The molecule has 0 bridgehead atoms. The molecule has 2 heterocycles. The van der Waals surface area contributed by atoms with Gasteiger partial charge in [-0.15, -0.1) is 0 Å². The molecule has 2 fully saturated rings. The molecular formula is C19H29F2N3. The molecule has 2 aliphatic heterocycles. The number of hydrogen-bond donors (Lipinski definition) is 0. The molecule has 2 aliphatic rings. The van der Waals surface area contributed by atoms with E-state index in [1.165, 1.54) is 57.7 Å². The van der Waals surface area contributed by atoms with Crippen molar-refractivity contribution in [1.29, 1.82) is 0 Å². The molecule has 0 amide bonds. The number of piperidine rings is 1. The highest BCUT2D eigenvalue weighted by molar-refractivity contribution is 5.17. The second kappa shape index (κ2) is 7.46. The second-order valence-corrected chi connectivity index (χ2v) is 7.91. The van der Waals surface area contributed by atoms with E-state index in [0.29, 0.717) is 12.0 Å². The summed E-state index contributed by atoms with van der Waals surface area (Å²) in [6, 6.07) is 4.25. The van der Waals surface area contributed by atoms with E-state index in [1.807, 2.05) is 0 Å². The van der Waals surface area contributed by atoms with E-state index >= 15 is 0 Å². The number of hydrogen-bond acceptors (Lipinski definition) is 3. The van der Waals surface area contributed by atoms with Crippen molar-refractivity contribution in [2.75, 3.05) is 52.9 Å². The Balaban J connectivity index is 1.48. The summed E-state index contributed by atoms with van der Waals surface area (Å²) >= 11 is 0. The van der Waals surface area contributed by atoms with Gasteiger partial charge in [-0.1, -0.05) is 13.0 Å². The van der Waals surface area contributed by atoms with E-state index in [2.05, 4.69) is 28.7 Å². The zero-order valence-electron chi connectivity index (χ0n) is 14.9. The monoisotopic (exact) mass is 337 g/mol. The van der Waals surface area contributed by atoms with Gasteiger partial charge in [-0.2, -0.15) is 0 Å². The van der Waals surface area contributed by atoms with Crippen LogP contribution in [0.25, 0.3) is 0 Å². The van der Waals surface area contributed by atoms with Gasteiger partial charge in [0.15, 0.2) is 11.6 Å². The van der Waals surface area contributed by atoms with Gasteiger partial charge in [0.05, 0.1) is 0 Å². The molecule has 1 aromatic rings. The summed E-state index contributed by atoms with van der Waals surface area (Å²) < 4.78 is 26.4. The normalized spacial score (nSPS) is 23.5. The first-order valence-corrected chi connectivity index (χ1v) is 9.01. The van der Waals surface area contributed by atoms with E-state index in [-0.39, 0.29) is 0 Å². The molecule has 3 nitrogen and oxygen atoms in total. The summed E-state index contributed by atoms with van der Waals surface area (Å²) in [4.78, 5) is 7.35. The maximum absolute atomic E-state index is 13.3. The third-order valence-corrected chi connectivity index (χ3v) is 5.65. The van der Waals surface area contributed by atoms with Gasteiger partial charge in [0.1, 0.15) is 0 Å². The molecule has 134 valence electrons. The molecule has 5 heteroatoms. The van der Waals surface area contributed by atoms with Crippen LogP contribution in [0.1, 0.15) is 25.3 Å². The average Bonchev–Trinajstić information content (AvgIpc) is 2.56. The predicted molar refractivity (Wildman–Crippen MR) is 92.9 cm³/mol. The number of halogens is 2. The number of piperazine rings is 1. The molecule has 0 saturated carbocycles. The minimum absolute atomic E-state index is 0.375. The molecule has 0 aliphatic carbocycles. The molecule has 0 N–H and O–H groups in total. The fourth-order valence-corrected chi connectivity index (χ4v) is 3.85. The Morgan fingerprint density at radius 2 is 1.58 bits per heavy atom. The largest absolute Gasteiger partial charge is 0.304 e. The summed E-state index contributed by atoms with van der Waals surface area (Å²) in [5, 5.41) is 0. The minimum atomic E-state index is -0.767. The van der Waals surface area contributed by atoms with Crippen molar-refractivity contribution < 1.29 is 8.78 Å². The quantitative estimate of drug-likeness (QED) is 0.836. The Bertz CT molecular complexity index is 548. The lowest BCUT2D eigenvalue weighted by Gasteiger charge is -2.44. The van der Waals surface area contributed by atoms with Crippen LogP contribution >= 0.6 is 0 Å². The molecule has 0 radical (unpaired) electrons. The van der Waals surface area contributed by atoms with Crippen LogP contribution in [0, 0.1) is 17.0 Å². The van der Waals surface area contributed by atoms with Crippen LogP contribution < -0.4 is 0 Å². The minimum Gasteiger partial charge on any atom is -0.304 e. The fourth-order valence-electron chi connectivity index (χ4n) is 3.85. The zero-order chi connectivity index (χ0) is 17.2. The zero-order valence-corrected chi connectivity index (χ0v) is 14.9.